The fraction of sp³-hybridized carbons (Fsp3) is 0.0811. The van der Waals surface area contributed by atoms with Gasteiger partial charge in [-0.25, -0.2) is 0 Å². The molecule has 5 rings (SSSR count). The number of hydrogen-bond acceptors (Lipinski definition) is 5. The van der Waals surface area contributed by atoms with Crippen LogP contribution in [0, 0.1) is 13.8 Å². The number of nitrogens with zero attached hydrogens (tertiary/aromatic N) is 1. The van der Waals surface area contributed by atoms with Crippen LogP contribution in [0.2, 0.25) is 0 Å². The molecule has 0 bridgehead atoms. The largest absolute Gasteiger partial charge is 0.324 e. The predicted octanol–water partition coefficient (Wildman–Crippen LogP) is 7.58. The van der Waals surface area contributed by atoms with Crippen molar-refractivity contribution in [1.82, 2.24) is 10.3 Å². The van der Waals surface area contributed by atoms with Crippen LogP contribution in [-0.4, -0.2) is 22.7 Å². The lowest BCUT2D eigenvalue weighted by Gasteiger charge is -2.19. The van der Waals surface area contributed by atoms with E-state index in [0.29, 0.717) is 16.8 Å². The Morgan fingerprint density at radius 3 is 2.13 bits per heavy atom. The number of pyridine rings is 1. The number of benzene rings is 4. The Balaban J connectivity index is 1.38. The van der Waals surface area contributed by atoms with Crippen LogP contribution in [0.15, 0.2) is 138 Å². The summed E-state index contributed by atoms with van der Waals surface area (Å²) in [5.74, 6) is -1.06. The van der Waals surface area contributed by atoms with E-state index in [-0.39, 0.29) is 11.6 Å². The van der Waals surface area contributed by atoms with Crippen LogP contribution in [0.4, 0.5) is 11.4 Å². The van der Waals surface area contributed by atoms with Gasteiger partial charge in [-0.15, -0.1) is 11.8 Å². The minimum atomic E-state index is -0.553. The van der Waals surface area contributed by atoms with Gasteiger partial charge in [0, 0.05) is 34.2 Å². The van der Waals surface area contributed by atoms with Crippen LogP contribution >= 0.6 is 11.8 Å². The average molecular weight is 613 g/mol. The van der Waals surface area contributed by atoms with E-state index in [9.17, 15) is 14.4 Å². The van der Waals surface area contributed by atoms with Gasteiger partial charge in [0.05, 0.1) is 0 Å². The maximum Gasteiger partial charge on any atom is 0.272 e. The number of hydrogen-bond donors (Lipinski definition) is 3. The first-order valence-electron chi connectivity index (χ1n) is 14.4. The van der Waals surface area contributed by atoms with Crippen molar-refractivity contribution in [3.63, 3.8) is 0 Å². The molecule has 0 radical (unpaired) electrons. The van der Waals surface area contributed by atoms with Crippen molar-refractivity contribution in [2.45, 2.75) is 24.0 Å². The molecular weight excluding hydrogens is 580 g/mol. The number of rotatable bonds is 10. The summed E-state index contributed by atoms with van der Waals surface area (Å²) in [5.41, 5.74) is 5.27. The number of thioether (sulfide) groups is 1. The van der Waals surface area contributed by atoms with Crippen LogP contribution in [0.25, 0.3) is 6.08 Å². The van der Waals surface area contributed by atoms with Crippen molar-refractivity contribution < 1.29 is 14.4 Å². The molecule has 0 spiro atoms. The van der Waals surface area contributed by atoms with Gasteiger partial charge in [-0.05, 0) is 78.6 Å². The first-order chi connectivity index (χ1) is 21.9. The minimum absolute atomic E-state index is 0.0602. The standard InChI is InChI=1S/C37H32N4O3S/c1-25-12-9-13-26(2)33(25)41-37(44)34(28-15-5-3-6-16-28)45-31-20-10-19-30(23-31)39-36(43)32(22-27-14-11-21-38-24-27)40-35(42)29-17-7-4-8-18-29/h3-24,34H,1-2H3,(H,39,43)(H,40,42)(H,41,44)/b32-22-. The number of aromatic nitrogens is 1. The third-order valence-corrected chi connectivity index (χ3v) is 8.19. The molecule has 3 amide bonds. The summed E-state index contributed by atoms with van der Waals surface area (Å²) in [7, 11) is 0. The molecule has 0 aliphatic carbocycles. The Morgan fingerprint density at radius 2 is 1.44 bits per heavy atom. The molecule has 8 heteroatoms. The molecule has 1 unspecified atom stereocenters. The zero-order valence-corrected chi connectivity index (χ0v) is 25.7. The minimum Gasteiger partial charge on any atom is -0.324 e. The van der Waals surface area contributed by atoms with E-state index in [1.807, 2.05) is 86.6 Å². The van der Waals surface area contributed by atoms with Gasteiger partial charge >= 0.3 is 0 Å². The summed E-state index contributed by atoms with van der Waals surface area (Å²) < 4.78 is 0. The van der Waals surface area contributed by atoms with Crippen LogP contribution in [0.5, 0.6) is 0 Å². The molecule has 224 valence electrons. The van der Waals surface area contributed by atoms with Crippen LogP contribution in [0.3, 0.4) is 0 Å². The second kappa shape index (κ2) is 14.8. The highest BCUT2D eigenvalue weighted by Crippen LogP contribution is 2.37. The molecule has 0 aliphatic heterocycles. The molecule has 0 aliphatic rings. The molecule has 7 nitrogen and oxygen atoms in total. The van der Waals surface area contributed by atoms with Gasteiger partial charge in [0.1, 0.15) is 10.9 Å². The molecule has 45 heavy (non-hydrogen) atoms. The highest BCUT2D eigenvalue weighted by molar-refractivity contribution is 8.00. The van der Waals surface area contributed by atoms with Gasteiger partial charge in [0.25, 0.3) is 11.8 Å². The molecule has 5 aromatic rings. The molecule has 0 saturated carbocycles. The SMILES string of the molecule is Cc1cccc(C)c1NC(=O)C(Sc1cccc(NC(=O)/C(=C/c2cccnc2)NC(=O)c2ccccc2)c1)c1ccccc1. The number of amides is 3. The van der Waals surface area contributed by atoms with E-state index in [1.54, 1.807) is 60.9 Å². The first kappa shape index (κ1) is 31.0. The van der Waals surface area contributed by atoms with Crippen molar-refractivity contribution in [3.05, 3.63) is 161 Å². The Kier molecular flexibility index (Phi) is 10.2. The van der Waals surface area contributed by atoms with Gasteiger partial charge in [-0.1, -0.05) is 78.9 Å². The Hall–Kier alpha value is -5.47. The van der Waals surface area contributed by atoms with Crippen molar-refractivity contribution in [1.29, 1.82) is 0 Å². The number of para-hydroxylation sites is 1. The van der Waals surface area contributed by atoms with Gasteiger partial charge in [0.2, 0.25) is 5.91 Å². The zero-order valence-electron chi connectivity index (χ0n) is 24.9. The lowest BCUT2D eigenvalue weighted by atomic mass is 10.1. The molecular formula is C37H32N4O3S. The van der Waals surface area contributed by atoms with Crippen LogP contribution in [0.1, 0.15) is 37.9 Å². The Morgan fingerprint density at radius 1 is 0.756 bits per heavy atom. The van der Waals surface area contributed by atoms with Gasteiger partial charge < -0.3 is 16.0 Å². The van der Waals surface area contributed by atoms with E-state index in [4.69, 9.17) is 0 Å². The highest BCUT2D eigenvalue weighted by Gasteiger charge is 2.24. The summed E-state index contributed by atoms with van der Waals surface area (Å²) >= 11 is 1.39. The Bertz CT molecular complexity index is 1810. The number of aryl methyl sites for hydroxylation is 2. The second-order valence-electron chi connectivity index (χ2n) is 10.3. The quantitative estimate of drug-likeness (QED) is 0.112. The van der Waals surface area contributed by atoms with E-state index < -0.39 is 17.1 Å². The maximum absolute atomic E-state index is 13.7. The summed E-state index contributed by atoms with van der Waals surface area (Å²) in [4.78, 5) is 45.1. The van der Waals surface area contributed by atoms with E-state index >= 15 is 0 Å². The van der Waals surface area contributed by atoms with Crippen LogP contribution < -0.4 is 16.0 Å². The molecule has 3 N–H and O–H groups in total. The average Bonchev–Trinajstić information content (AvgIpc) is 3.06. The molecule has 0 saturated heterocycles. The van der Waals surface area contributed by atoms with E-state index in [2.05, 4.69) is 20.9 Å². The number of carbonyl (C=O) groups is 3. The molecule has 1 heterocycles. The lowest BCUT2D eigenvalue weighted by molar-refractivity contribution is -0.116. The number of anilines is 2. The first-order valence-corrected chi connectivity index (χ1v) is 15.2. The summed E-state index contributed by atoms with van der Waals surface area (Å²) in [6.07, 6.45) is 4.81. The molecule has 0 fully saturated rings. The molecule has 1 aromatic heterocycles. The maximum atomic E-state index is 13.7. The van der Waals surface area contributed by atoms with Gasteiger partial charge in [-0.3, -0.25) is 19.4 Å². The number of nitrogens with one attached hydrogen (secondary N) is 3. The van der Waals surface area contributed by atoms with E-state index in [0.717, 1.165) is 27.3 Å². The topological polar surface area (TPSA) is 100 Å². The molecule has 4 aromatic carbocycles. The predicted molar refractivity (Wildman–Crippen MR) is 181 cm³/mol. The Labute approximate surface area is 266 Å². The zero-order chi connectivity index (χ0) is 31.6. The highest BCUT2D eigenvalue weighted by atomic mass is 32.2. The monoisotopic (exact) mass is 612 g/mol. The molecule has 1 atom stereocenters. The van der Waals surface area contributed by atoms with Crippen molar-refractivity contribution in [2.24, 2.45) is 0 Å². The van der Waals surface area contributed by atoms with Gasteiger partial charge in [-0.2, -0.15) is 0 Å². The summed E-state index contributed by atoms with van der Waals surface area (Å²) in [6.45, 7) is 3.94. The van der Waals surface area contributed by atoms with Crippen molar-refractivity contribution >= 4 is 46.9 Å². The van der Waals surface area contributed by atoms with Gasteiger partial charge in [0.15, 0.2) is 0 Å². The fourth-order valence-corrected chi connectivity index (χ4v) is 5.74. The summed E-state index contributed by atoms with van der Waals surface area (Å²) in [6, 6.07) is 35.0. The van der Waals surface area contributed by atoms with Crippen molar-refractivity contribution in [3.8, 4) is 0 Å². The fourth-order valence-electron chi connectivity index (χ4n) is 4.65. The second-order valence-corrected chi connectivity index (χ2v) is 11.5. The van der Waals surface area contributed by atoms with E-state index in [1.165, 1.54) is 11.8 Å². The third-order valence-electron chi connectivity index (χ3n) is 6.94. The smallest absolute Gasteiger partial charge is 0.272 e. The third kappa shape index (κ3) is 8.34. The van der Waals surface area contributed by atoms with Crippen LogP contribution in [-0.2, 0) is 9.59 Å². The number of carbonyl (C=O) groups excluding carboxylic acids is 3. The lowest BCUT2D eigenvalue weighted by Crippen LogP contribution is -2.30. The normalized spacial score (nSPS) is 11.7. The van der Waals surface area contributed by atoms with Crippen molar-refractivity contribution in [2.75, 3.05) is 10.6 Å². The summed E-state index contributed by atoms with van der Waals surface area (Å²) in [5, 5.41) is 8.22.